The van der Waals surface area contributed by atoms with Crippen LogP contribution in [0.4, 0.5) is 0 Å². The average Bonchev–Trinajstić information content (AvgIpc) is 3.01. The SMILES string of the molecule is O=C(NCc1ccc(C(O)c2ccco2)s1)C(=O)NC1CC1. The van der Waals surface area contributed by atoms with Crippen LogP contribution in [0.5, 0.6) is 0 Å². The van der Waals surface area contributed by atoms with Gasteiger partial charge < -0.3 is 20.2 Å². The molecule has 3 N–H and O–H groups in total. The molecule has 3 rings (SSSR count). The number of amides is 2. The van der Waals surface area contributed by atoms with Gasteiger partial charge in [-0.3, -0.25) is 9.59 Å². The Morgan fingerprint density at radius 2 is 2.14 bits per heavy atom. The van der Waals surface area contributed by atoms with E-state index in [0.717, 1.165) is 22.6 Å². The van der Waals surface area contributed by atoms with Gasteiger partial charge in [0.2, 0.25) is 0 Å². The summed E-state index contributed by atoms with van der Waals surface area (Å²) in [5.74, 6) is -0.746. The number of hydrogen-bond acceptors (Lipinski definition) is 5. The lowest BCUT2D eigenvalue weighted by Crippen LogP contribution is -2.40. The van der Waals surface area contributed by atoms with Crippen LogP contribution in [-0.2, 0) is 16.1 Å². The van der Waals surface area contributed by atoms with E-state index in [4.69, 9.17) is 4.42 Å². The van der Waals surface area contributed by atoms with Crippen molar-refractivity contribution in [1.29, 1.82) is 0 Å². The van der Waals surface area contributed by atoms with Gasteiger partial charge in [-0.25, -0.2) is 0 Å². The van der Waals surface area contributed by atoms with Crippen molar-refractivity contribution in [2.45, 2.75) is 31.5 Å². The molecule has 1 aliphatic carbocycles. The number of hydrogen-bond donors (Lipinski definition) is 3. The van der Waals surface area contributed by atoms with Crippen molar-refractivity contribution >= 4 is 23.2 Å². The van der Waals surface area contributed by atoms with Crippen molar-refractivity contribution in [1.82, 2.24) is 10.6 Å². The summed E-state index contributed by atoms with van der Waals surface area (Å²) in [7, 11) is 0. The second kappa shape index (κ2) is 6.33. The van der Waals surface area contributed by atoms with Gasteiger partial charge in [-0.15, -0.1) is 11.3 Å². The van der Waals surface area contributed by atoms with E-state index in [9.17, 15) is 14.7 Å². The summed E-state index contributed by atoms with van der Waals surface area (Å²) in [6.07, 6.45) is 2.57. The molecule has 1 aliphatic rings. The van der Waals surface area contributed by atoms with E-state index in [1.807, 2.05) is 6.07 Å². The highest BCUT2D eigenvalue weighted by Gasteiger charge is 2.26. The lowest BCUT2D eigenvalue weighted by atomic mass is 10.2. The van der Waals surface area contributed by atoms with Crippen molar-refractivity contribution in [3.63, 3.8) is 0 Å². The molecule has 2 heterocycles. The topological polar surface area (TPSA) is 91.6 Å². The van der Waals surface area contributed by atoms with Gasteiger partial charge >= 0.3 is 11.8 Å². The zero-order chi connectivity index (χ0) is 15.5. The van der Waals surface area contributed by atoms with Crippen LogP contribution in [0.1, 0.15) is 34.5 Å². The summed E-state index contributed by atoms with van der Waals surface area (Å²) in [5, 5.41) is 15.3. The zero-order valence-electron chi connectivity index (χ0n) is 11.7. The van der Waals surface area contributed by atoms with Gasteiger partial charge in [0.25, 0.3) is 0 Å². The van der Waals surface area contributed by atoms with Gasteiger partial charge in [0.05, 0.1) is 12.8 Å². The summed E-state index contributed by atoms with van der Waals surface area (Å²) in [6, 6.07) is 7.17. The summed E-state index contributed by atoms with van der Waals surface area (Å²) in [6.45, 7) is 0.256. The molecule has 22 heavy (non-hydrogen) atoms. The first-order chi connectivity index (χ1) is 10.6. The summed E-state index contributed by atoms with van der Waals surface area (Å²) >= 11 is 1.36. The molecule has 0 radical (unpaired) electrons. The summed E-state index contributed by atoms with van der Waals surface area (Å²) < 4.78 is 5.17. The molecule has 116 valence electrons. The number of carbonyl (C=O) groups is 2. The predicted octanol–water partition coefficient (Wildman–Crippen LogP) is 1.32. The molecule has 1 saturated carbocycles. The van der Waals surface area contributed by atoms with Crippen LogP contribution in [0.2, 0.25) is 0 Å². The Morgan fingerprint density at radius 3 is 2.82 bits per heavy atom. The first kappa shape index (κ1) is 14.8. The van der Waals surface area contributed by atoms with E-state index in [2.05, 4.69) is 10.6 Å². The molecule has 1 unspecified atom stereocenters. The van der Waals surface area contributed by atoms with Crippen LogP contribution in [0.25, 0.3) is 0 Å². The minimum atomic E-state index is -0.817. The predicted molar refractivity (Wildman–Crippen MR) is 80.1 cm³/mol. The highest BCUT2D eigenvalue weighted by atomic mass is 32.1. The normalized spacial score (nSPS) is 15.3. The minimum Gasteiger partial charge on any atom is -0.466 e. The van der Waals surface area contributed by atoms with E-state index >= 15 is 0 Å². The average molecular weight is 320 g/mol. The molecule has 2 aromatic rings. The third-order valence-corrected chi connectivity index (χ3v) is 4.44. The number of nitrogens with one attached hydrogen (secondary N) is 2. The third kappa shape index (κ3) is 3.55. The Hall–Kier alpha value is -2.12. The largest absolute Gasteiger partial charge is 0.466 e. The number of thiophene rings is 1. The van der Waals surface area contributed by atoms with E-state index in [1.165, 1.54) is 17.6 Å². The van der Waals surface area contributed by atoms with Crippen LogP contribution in [0, 0.1) is 0 Å². The van der Waals surface area contributed by atoms with Crippen molar-refractivity contribution < 1.29 is 19.1 Å². The molecule has 6 nitrogen and oxygen atoms in total. The quantitative estimate of drug-likeness (QED) is 0.725. The smallest absolute Gasteiger partial charge is 0.309 e. The lowest BCUT2D eigenvalue weighted by Gasteiger charge is -2.05. The number of rotatable bonds is 5. The Bertz CT molecular complexity index is 661. The minimum absolute atomic E-state index is 0.162. The highest BCUT2D eigenvalue weighted by Crippen LogP contribution is 2.28. The molecule has 0 saturated heterocycles. The van der Waals surface area contributed by atoms with E-state index in [1.54, 1.807) is 18.2 Å². The highest BCUT2D eigenvalue weighted by molar-refractivity contribution is 7.12. The van der Waals surface area contributed by atoms with E-state index in [-0.39, 0.29) is 12.6 Å². The standard InChI is InChI=1S/C15H16N2O4S/c18-13(11-2-1-7-21-11)12-6-5-10(22-12)8-16-14(19)15(20)17-9-3-4-9/h1-2,5-7,9,13,18H,3-4,8H2,(H,16,19)(H,17,20). The van der Waals surface area contributed by atoms with Gasteiger partial charge in [-0.2, -0.15) is 0 Å². The molecule has 2 aromatic heterocycles. The second-order valence-corrected chi connectivity index (χ2v) is 6.35. The van der Waals surface area contributed by atoms with Gasteiger partial charge in [-0.1, -0.05) is 0 Å². The van der Waals surface area contributed by atoms with Crippen molar-refractivity contribution in [2.24, 2.45) is 0 Å². The maximum absolute atomic E-state index is 11.6. The molecule has 1 atom stereocenters. The zero-order valence-corrected chi connectivity index (χ0v) is 12.6. The molecule has 0 aromatic carbocycles. The summed E-state index contributed by atoms with van der Waals surface area (Å²) in [5.41, 5.74) is 0. The molecular weight excluding hydrogens is 304 g/mol. The van der Waals surface area contributed by atoms with Crippen molar-refractivity contribution in [3.8, 4) is 0 Å². The molecular formula is C15H16N2O4S. The Kier molecular flexibility index (Phi) is 4.26. The van der Waals surface area contributed by atoms with Gasteiger partial charge in [0.1, 0.15) is 11.9 Å². The fraction of sp³-hybridized carbons (Fsp3) is 0.333. The monoisotopic (exact) mass is 320 g/mol. The fourth-order valence-electron chi connectivity index (χ4n) is 1.95. The van der Waals surface area contributed by atoms with Gasteiger partial charge in [-0.05, 0) is 37.1 Å². The van der Waals surface area contributed by atoms with Crippen LogP contribution in [0.15, 0.2) is 34.9 Å². The third-order valence-electron chi connectivity index (χ3n) is 3.31. The van der Waals surface area contributed by atoms with E-state index in [0.29, 0.717) is 5.76 Å². The first-order valence-corrected chi connectivity index (χ1v) is 7.84. The maximum Gasteiger partial charge on any atom is 0.309 e. The van der Waals surface area contributed by atoms with E-state index < -0.39 is 17.9 Å². The molecule has 2 amide bonds. The maximum atomic E-state index is 11.6. The molecule has 1 fully saturated rings. The van der Waals surface area contributed by atoms with Gasteiger partial charge in [0, 0.05) is 15.8 Å². The second-order valence-electron chi connectivity index (χ2n) is 5.15. The molecule has 0 aliphatic heterocycles. The van der Waals surface area contributed by atoms with Crippen molar-refractivity contribution in [2.75, 3.05) is 0 Å². The van der Waals surface area contributed by atoms with Crippen LogP contribution in [-0.4, -0.2) is 23.0 Å². The fourth-order valence-corrected chi connectivity index (χ4v) is 2.90. The van der Waals surface area contributed by atoms with Gasteiger partial charge in [0.15, 0.2) is 0 Å². The van der Waals surface area contributed by atoms with Crippen molar-refractivity contribution in [3.05, 3.63) is 46.0 Å². The first-order valence-electron chi connectivity index (χ1n) is 7.02. The Labute approximate surface area is 131 Å². The number of carbonyl (C=O) groups excluding carboxylic acids is 2. The van der Waals surface area contributed by atoms with Crippen LogP contribution < -0.4 is 10.6 Å². The Balaban J connectivity index is 1.53. The molecule has 0 spiro atoms. The Morgan fingerprint density at radius 1 is 1.32 bits per heavy atom. The summed E-state index contributed by atoms with van der Waals surface area (Å²) in [4.78, 5) is 24.7. The van der Waals surface area contributed by atoms with Crippen LogP contribution in [0.3, 0.4) is 0 Å². The number of aliphatic hydroxyl groups excluding tert-OH is 1. The lowest BCUT2D eigenvalue weighted by molar-refractivity contribution is -0.139. The number of furan rings is 1. The molecule has 7 heteroatoms. The number of aliphatic hydroxyl groups is 1. The molecule has 0 bridgehead atoms. The van der Waals surface area contributed by atoms with Crippen LogP contribution >= 0.6 is 11.3 Å².